The predicted octanol–water partition coefficient (Wildman–Crippen LogP) is 4.40. The van der Waals surface area contributed by atoms with Crippen LogP contribution in [0.3, 0.4) is 0 Å². The largest absolute Gasteiger partial charge is 0.481 e. The average Bonchev–Trinajstić information content (AvgIpc) is 3.37. The molecule has 0 saturated carbocycles. The number of carboxylic acid groups (broad SMARTS) is 1. The van der Waals surface area contributed by atoms with Gasteiger partial charge in [-0.25, -0.2) is 0 Å². The van der Waals surface area contributed by atoms with E-state index in [9.17, 15) is 23.5 Å². The summed E-state index contributed by atoms with van der Waals surface area (Å²) in [5.74, 6) is -4.25. The van der Waals surface area contributed by atoms with Crippen LogP contribution in [-0.4, -0.2) is 45.7 Å². The van der Waals surface area contributed by atoms with E-state index in [4.69, 9.17) is 5.11 Å². The minimum Gasteiger partial charge on any atom is -0.481 e. The topological polar surface area (TPSA) is 77.8 Å². The van der Waals surface area contributed by atoms with Crippen molar-refractivity contribution in [1.82, 2.24) is 4.90 Å². The number of alkyl halides is 2. The normalized spacial score (nSPS) is 17.9. The highest BCUT2D eigenvalue weighted by Gasteiger charge is 2.39. The van der Waals surface area contributed by atoms with Crippen molar-refractivity contribution in [2.75, 3.05) is 6.54 Å². The number of aliphatic hydroxyl groups excluding tert-OH is 1. The Hall–Kier alpha value is -2.58. The van der Waals surface area contributed by atoms with Crippen LogP contribution in [0, 0.1) is 0 Å². The summed E-state index contributed by atoms with van der Waals surface area (Å²) >= 11 is 1.58. The van der Waals surface area contributed by atoms with Crippen LogP contribution in [0.2, 0.25) is 0 Å². The summed E-state index contributed by atoms with van der Waals surface area (Å²) in [7, 11) is 0. The van der Waals surface area contributed by atoms with Crippen molar-refractivity contribution >= 4 is 23.2 Å². The molecular formula is C24H27F2NO4S. The number of carbonyl (C=O) groups is 2. The molecule has 2 N–H and O–H groups in total. The van der Waals surface area contributed by atoms with Gasteiger partial charge in [-0.3, -0.25) is 9.59 Å². The smallest absolute Gasteiger partial charge is 0.303 e. The molecule has 1 aliphatic heterocycles. The summed E-state index contributed by atoms with van der Waals surface area (Å²) in [6.45, 7) is 0.501. The zero-order valence-electron chi connectivity index (χ0n) is 17.6. The number of thiophene rings is 1. The van der Waals surface area contributed by atoms with E-state index in [0.717, 1.165) is 28.7 Å². The number of rotatable bonds is 11. The molecule has 5 nitrogen and oxygen atoms in total. The minimum absolute atomic E-state index is 0.0164. The third kappa shape index (κ3) is 6.23. The van der Waals surface area contributed by atoms with E-state index < -0.39 is 18.0 Å². The molecule has 1 fully saturated rings. The highest BCUT2D eigenvalue weighted by Crippen LogP contribution is 2.33. The molecule has 1 aliphatic rings. The minimum atomic E-state index is -3.41. The van der Waals surface area contributed by atoms with E-state index in [1.54, 1.807) is 22.3 Å². The maximum absolute atomic E-state index is 14.5. The molecule has 0 radical (unpaired) electrons. The number of hydrogen-bond acceptors (Lipinski definition) is 4. The molecular weight excluding hydrogens is 436 g/mol. The lowest BCUT2D eigenvalue weighted by Gasteiger charge is -2.24. The molecule has 1 aromatic heterocycles. The van der Waals surface area contributed by atoms with Gasteiger partial charge in [-0.1, -0.05) is 42.5 Å². The van der Waals surface area contributed by atoms with E-state index in [0.29, 0.717) is 25.8 Å². The molecule has 0 bridgehead atoms. The van der Waals surface area contributed by atoms with E-state index in [-0.39, 0.29) is 23.9 Å². The summed E-state index contributed by atoms with van der Waals surface area (Å²) in [4.78, 5) is 26.8. The zero-order valence-corrected chi connectivity index (χ0v) is 18.4. The van der Waals surface area contributed by atoms with Gasteiger partial charge in [0, 0.05) is 28.3 Å². The second-order valence-corrected chi connectivity index (χ2v) is 9.13. The van der Waals surface area contributed by atoms with Crippen molar-refractivity contribution in [3.63, 3.8) is 0 Å². The Morgan fingerprint density at radius 1 is 1.19 bits per heavy atom. The van der Waals surface area contributed by atoms with Crippen molar-refractivity contribution in [2.45, 2.75) is 56.6 Å². The summed E-state index contributed by atoms with van der Waals surface area (Å²) in [5, 5.41) is 18.9. The fraction of sp³-hybridized carbons (Fsp3) is 0.417. The van der Waals surface area contributed by atoms with Crippen molar-refractivity contribution in [2.24, 2.45) is 0 Å². The molecule has 1 aromatic carbocycles. The quantitative estimate of drug-likeness (QED) is 0.485. The van der Waals surface area contributed by atoms with Crippen LogP contribution in [0.15, 0.2) is 54.6 Å². The zero-order chi connectivity index (χ0) is 23.1. The molecule has 2 atom stereocenters. The number of benzene rings is 1. The van der Waals surface area contributed by atoms with Crippen LogP contribution < -0.4 is 0 Å². The second-order valence-electron chi connectivity index (χ2n) is 7.88. The molecule has 0 spiro atoms. The van der Waals surface area contributed by atoms with Crippen LogP contribution in [0.1, 0.15) is 41.0 Å². The van der Waals surface area contributed by atoms with Crippen molar-refractivity contribution in [3.05, 3.63) is 69.9 Å². The molecule has 0 aliphatic carbocycles. The Kier molecular flexibility index (Phi) is 8.15. The molecule has 1 saturated heterocycles. The summed E-state index contributed by atoms with van der Waals surface area (Å²) in [6.07, 6.45) is 3.62. The molecule has 172 valence electrons. The third-order valence-electron chi connectivity index (χ3n) is 5.55. The summed E-state index contributed by atoms with van der Waals surface area (Å²) in [6, 6.07) is 10.8. The number of nitrogens with zero attached hydrogens (tertiary/aromatic N) is 1. The number of amides is 1. The highest BCUT2D eigenvalue weighted by molar-refractivity contribution is 7.12. The van der Waals surface area contributed by atoms with Crippen LogP contribution in [-0.2, 0) is 28.4 Å². The lowest BCUT2D eigenvalue weighted by Crippen LogP contribution is -2.34. The number of aryl methyl sites for hydroxylation is 2. The maximum atomic E-state index is 14.5. The number of likely N-dealkylation sites (tertiary alicyclic amines) is 1. The monoisotopic (exact) mass is 463 g/mol. The van der Waals surface area contributed by atoms with Crippen molar-refractivity contribution < 1.29 is 28.6 Å². The first-order valence-corrected chi connectivity index (χ1v) is 11.5. The Balaban J connectivity index is 1.53. The first-order valence-electron chi connectivity index (χ1n) is 10.7. The Bertz CT molecular complexity index is 944. The van der Waals surface area contributed by atoms with Crippen LogP contribution in [0.4, 0.5) is 8.78 Å². The van der Waals surface area contributed by atoms with E-state index in [2.05, 4.69) is 0 Å². The van der Waals surface area contributed by atoms with Gasteiger partial charge in [0.2, 0.25) is 5.91 Å². The van der Waals surface area contributed by atoms with Gasteiger partial charge in [0.15, 0.2) is 0 Å². The average molecular weight is 464 g/mol. The Labute approximate surface area is 190 Å². The van der Waals surface area contributed by atoms with Gasteiger partial charge < -0.3 is 15.1 Å². The molecule has 3 rings (SSSR count). The standard InChI is InChI=1S/C24H27F2NO4S/c25-24(26,17-5-2-1-3-6-17)21(28)13-8-18-9-14-22(29)27(18)16-4-7-19-10-11-20(32-19)12-15-23(30)31/h1-3,5-6,8,10-11,13,18,21,28H,4,7,9,12,14-16H2,(H,30,31)/t18-,21?/m0/s1. The van der Waals surface area contributed by atoms with Crippen LogP contribution in [0.5, 0.6) is 0 Å². The van der Waals surface area contributed by atoms with Gasteiger partial charge in [0.25, 0.3) is 0 Å². The van der Waals surface area contributed by atoms with Crippen LogP contribution in [0.25, 0.3) is 0 Å². The Morgan fingerprint density at radius 3 is 2.56 bits per heavy atom. The first kappa shape index (κ1) is 24.1. The summed E-state index contributed by atoms with van der Waals surface area (Å²) in [5.41, 5.74) is -0.254. The third-order valence-corrected chi connectivity index (χ3v) is 6.75. The lowest BCUT2D eigenvalue weighted by molar-refractivity contribution is -0.137. The number of carbonyl (C=O) groups excluding carboxylic acids is 1. The van der Waals surface area contributed by atoms with Gasteiger partial charge in [-0.15, -0.1) is 11.3 Å². The van der Waals surface area contributed by atoms with Crippen LogP contribution >= 0.6 is 11.3 Å². The van der Waals surface area contributed by atoms with Gasteiger partial charge in [0.05, 0.1) is 12.5 Å². The Morgan fingerprint density at radius 2 is 1.88 bits per heavy atom. The van der Waals surface area contributed by atoms with Gasteiger partial charge >= 0.3 is 11.9 Å². The maximum Gasteiger partial charge on any atom is 0.303 e. The van der Waals surface area contributed by atoms with Gasteiger partial charge in [-0.05, 0) is 37.8 Å². The molecule has 2 aromatic rings. The number of hydrogen-bond donors (Lipinski definition) is 2. The lowest BCUT2D eigenvalue weighted by atomic mass is 10.0. The molecule has 1 unspecified atom stereocenters. The fourth-order valence-corrected chi connectivity index (χ4v) is 4.84. The van der Waals surface area contributed by atoms with E-state index >= 15 is 0 Å². The predicted molar refractivity (Wildman–Crippen MR) is 119 cm³/mol. The molecule has 2 heterocycles. The fourth-order valence-electron chi connectivity index (χ4n) is 3.78. The molecule has 1 amide bonds. The van der Waals surface area contributed by atoms with E-state index in [1.165, 1.54) is 30.3 Å². The van der Waals surface area contributed by atoms with Gasteiger partial charge in [0.1, 0.15) is 6.10 Å². The molecule has 32 heavy (non-hydrogen) atoms. The van der Waals surface area contributed by atoms with Gasteiger partial charge in [-0.2, -0.15) is 8.78 Å². The first-order chi connectivity index (χ1) is 15.3. The SMILES string of the molecule is O=C(O)CCc1ccc(CCCN2C(=O)CC[C@@H]2C=CC(O)C(F)(F)c2ccccc2)s1. The van der Waals surface area contributed by atoms with E-state index in [1.807, 2.05) is 12.1 Å². The number of aliphatic carboxylic acids is 1. The van der Waals surface area contributed by atoms with Crippen molar-refractivity contribution in [1.29, 1.82) is 0 Å². The summed E-state index contributed by atoms with van der Waals surface area (Å²) < 4.78 is 29.0. The molecule has 8 heteroatoms. The van der Waals surface area contributed by atoms with Crippen molar-refractivity contribution in [3.8, 4) is 0 Å². The second kappa shape index (κ2) is 10.8. The number of carboxylic acids is 1. The number of aliphatic hydroxyl groups is 1. The highest BCUT2D eigenvalue weighted by atomic mass is 32.1. The number of halogens is 2.